The molecular formula is C21H22ClN3O3. The maximum Gasteiger partial charge on any atom is 0.257 e. The minimum Gasteiger partial charge on any atom is -0.490 e. The van der Waals surface area contributed by atoms with Crippen LogP contribution in [0.1, 0.15) is 30.6 Å². The minimum atomic E-state index is -0.330. The van der Waals surface area contributed by atoms with Crippen LogP contribution in [0, 0.1) is 0 Å². The Bertz CT molecular complexity index is 941. The Balaban J connectivity index is 1.80. The van der Waals surface area contributed by atoms with Gasteiger partial charge in [-0.1, -0.05) is 36.7 Å². The fourth-order valence-corrected chi connectivity index (χ4v) is 2.88. The van der Waals surface area contributed by atoms with Crippen LogP contribution in [0.3, 0.4) is 0 Å². The number of hydrogen-bond acceptors (Lipinski definition) is 4. The van der Waals surface area contributed by atoms with Gasteiger partial charge in [0.25, 0.3) is 5.91 Å². The van der Waals surface area contributed by atoms with Crippen LogP contribution >= 0.6 is 11.6 Å². The van der Waals surface area contributed by atoms with Gasteiger partial charge in [-0.3, -0.25) is 4.79 Å². The second-order valence-electron chi connectivity index (χ2n) is 6.00. The lowest BCUT2D eigenvalue weighted by molar-refractivity contribution is 0.102. The Kier molecular flexibility index (Phi) is 6.55. The molecule has 0 bridgehead atoms. The summed E-state index contributed by atoms with van der Waals surface area (Å²) >= 11 is 6.33. The summed E-state index contributed by atoms with van der Waals surface area (Å²) in [6.07, 6.45) is 2.62. The minimum absolute atomic E-state index is 0.330. The summed E-state index contributed by atoms with van der Waals surface area (Å²) in [5, 5.41) is 7.50. The first-order chi connectivity index (χ1) is 13.6. The highest BCUT2D eigenvalue weighted by molar-refractivity contribution is 6.32. The molecule has 1 heterocycles. The topological polar surface area (TPSA) is 65.4 Å². The Labute approximate surface area is 169 Å². The Morgan fingerprint density at radius 2 is 1.93 bits per heavy atom. The Morgan fingerprint density at radius 3 is 2.64 bits per heavy atom. The number of ether oxygens (including phenoxy) is 2. The summed E-state index contributed by atoms with van der Waals surface area (Å²) in [6.45, 7) is 4.82. The molecule has 7 heteroatoms. The largest absolute Gasteiger partial charge is 0.490 e. The number of carbonyl (C=O) groups is 1. The molecule has 28 heavy (non-hydrogen) atoms. The van der Waals surface area contributed by atoms with Gasteiger partial charge in [-0.05, 0) is 37.6 Å². The van der Waals surface area contributed by atoms with Crippen molar-refractivity contribution in [2.75, 3.05) is 18.5 Å². The first-order valence-corrected chi connectivity index (χ1v) is 9.51. The third-order valence-electron chi connectivity index (χ3n) is 3.87. The van der Waals surface area contributed by atoms with Crippen molar-refractivity contribution in [3.8, 4) is 17.2 Å². The zero-order valence-corrected chi connectivity index (χ0v) is 16.6. The first kappa shape index (κ1) is 19.8. The van der Waals surface area contributed by atoms with Crippen LogP contribution in [0.4, 0.5) is 5.82 Å². The summed E-state index contributed by atoms with van der Waals surface area (Å²) in [4.78, 5) is 12.7. The van der Waals surface area contributed by atoms with Crippen LogP contribution < -0.4 is 14.8 Å². The zero-order valence-electron chi connectivity index (χ0n) is 15.8. The average molecular weight is 400 g/mol. The van der Waals surface area contributed by atoms with Gasteiger partial charge in [-0.2, -0.15) is 5.10 Å². The second kappa shape index (κ2) is 9.28. The Hall–Kier alpha value is -2.99. The number of hydrogen-bond donors (Lipinski definition) is 1. The quantitative estimate of drug-likeness (QED) is 0.581. The molecule has 0 aliphatic carbocycles. The molecule has 1 aromatic heterocycles. The average Bonchev–Trinajstić information content (AvgIpc) is 3.16. The summed E-state index contributed by atoms with van der Waals surface area (Å²) < 4.78 is 13.0. The molecule has 0 unspecified atom stereocenters. The van der Waals surface area contributed by atoms with Gasteiger partial charge >= 0.3 is 0 Å². The van der Waals surface area contributed by atoms with E-state index < -0.39 is 0 Å². The van der Waals surface area contributed by atoms with E-state index in [1.54, 1.807) is 29.1 Å². The van der Waals surface area contributed by atoms with E-state index in [1.807, 2.05) is 44.2 Å². The number of aromatic nitrogens is 2. The number of rotatable bonds is 8. The molecule has 0 saturated carbocycles. The summed E-state index contributed by atoms with van der Waals surface area (Å²) in [7, 11) is 0. The van der Waals surface area contributed by atoms with Gasteiger partial charge in [0.1, 0.15) is 0 Å². The van der Waals surface area contributed by atoms with Crippen molar-refractivity contribution in [3.63, 3.8) is 0 Å². The van der Waals surface area contributed by atoms with E-state index in [4.69, 9.17) is 21.1 Å². The van der Waals surface area contributed by atoms with E-state index in [9.17, 15) is 4.79 Å². The monoisotopic (exact) mass is 399 g/mol. The summed E-state index contributed by atoms with van der Waals surface area (Å²) in [5.74, 6) is 1.01. The fourth-order valence-electron chi connectivity index (χ4n) is 2.61. The third kappa shape index (κ3) is 4.64. The maximum atomic E-state index is 12.7. The highest BCUT2D eigenvalue weighted by Gasteiger charge is 2.17. The fraction of sp³-hybridized carbons (Fsp3) is 0.238. The zero-order chi connectivity index (χ0) is 19.9. The number of nitrogens with one attached hydrogen (secondary N) is 1. The van der Waals surface area contributed by atoms with E-state index in [0.717, 1.165) is 12.1 Å². The number of para-hydroxylation sites is 1. The van der Waals surface area contributed by atoms with E-state index in [0.29, 0.717) is 41.1 Å². The van der Waals surface area contributed by atoms with Gasteiger partial charge in [0, 0.05) is 17.8 Å². The van der Waals surface area contributed by atoms with Gasteiger partial charge in [-0.25, -0.2) is 4.68 Å². The second-order valence-corrected chi connectivity index (χ2v) is 6.41. The smallest absolute Gasteiger partial charge is 0.257 e. The number of benzene rings is 2. The molecule has 0 aliphatic rings. The van der Waals surface area contributed by atoms with Crippen molar-refractivity contribution in [2.45, 2.75) is 20.3 Å². The van der Waals surface area contributed by atoms with Crippen LogP contribution in [-0.2, 0) is 0 Å². The van der Waals surface area contributed by atoms with Crippen molar-refractivity contribution in [1.82, 2.24) is 9.78 Å². The number of carbonyl (C=O) groups excluding carboxylic acids is 1. The van der Waals surface area contributed by atoms with Crippen LogP contribution in [0.15, 0.2) is 54.7 Å². The van der Waals surface area contributed by atoms with Crippen molar-refractivity contribution in [1.29, 1.82) is 0 Å². The first-order valence-electron chi connectivity index (χ1n) is 9.14. The third-order valence-corrected chi connectivity index (χ3v) is 4.15. The SMILES string of the molecule is CCCOc1c(Cl)cc(C(=O)Nc2ccn(-c3ccccc3)n2)cc1OCC. The van der Waals surface area contributed by atoms with E-state index in [1.165, 1.54) is 0 Å². The van der Waals surface area contributed by atoms with Gasteiger partial charge in [0.05, 0.1) is 23.9 Å². The molecule has 2 aromatic carbocycles. The molecular weight excluding hydrogens is 378 g/mol. The van der Waals surface area contributed by atoms with Crippen LogP contribution in [0.25, 0.3) is 5.69 Å². The summed E-state index contributed by atoms with van der Waals surface area (Å²) in [6, 6.07) is 14.6. The lowest BCUT2D eigenvalue weighted by atomic mass is 10.2. The van der Waals surface area contributed by atoms with Crippen molar-refractivity contribution >= 4 is 23.3 Å². The molecule has 6 nitrogen and oxygen atoms in total. The van der Waals surface area contributed by atoms with Crippen molar-refractivity contribution in [2.24, 2.45) is 0 Å². The van der Waals surface area contributed by atoms with Crippen LogP contribution in [0.2, 0.25) is 5.02 Å². The molecule has 0 spiro atoms. The highest BCUT2D eigenvalue weighted by Crippen LogP contribution is 2.37. The van der Waals surface area contributed by atoms with E-state index >= 15 is 0 Å². The molecule has 3 aromatic rings. The molecule has 3 rings (SSSR count). The Morgan fingerprint density at radius 1 is 1.14 bits per heavy atom. The predicted molar refractivity (Wildman–Crippen MR) is 110 cm³/mol. The number of amides is 1. The predicted octanol–water partition coefficient (Wildman–Crippen LogP) is 4.97. The van der Waals surface area contributed by atoms with Gasteiger partial charge in [0.15, 0.2) is 17.3 Å². The number of nitrogens with zero attached hydrogens (tertiary/aromatic N) is 2. The molecule has 0 radical (unpaired) electrons. The van der Waals surface area contributed by atoms with Gasteiger partial charge < -0.3 is 14.8 Å². The standard InChI is InChI=1S/C21H22ClN3O3/c1-3-12-28-20-17(22)13-15(14-18(20)27-4-2)21(26)23-19-10-11-25(24-19)16-8-6-5-7-9-16/h5-11,13-14H,3-4,12H2,1-2H3,(H,23,24,26). The molecule has 146 valence electrons. The van der Waals surface area contributed by atoms with Gasteiger partial charge in [0.2, 0.25) is 0 Å². The van der Waals surface area contributed by atoms with E-state index in [2.05, 4.69) is 10.4 Å². The lowest BCUT2D eigenvalue weighted by Crippen LogP contribution is -2.13. The molecule has 1 N–H and O–H groups in total. The molecule has 0 atom stereocenters. The van der Waals surface area contributed by atoms with Crippen molar-refractivity contribution in [3.05, 3.63) is 65.3 Å². The van der Waals surface area contributed by atoms with Crippen LogP contribution in [-0.4, -0.2) is 28.9 Å². The van der Waals surface area contributed by atoms with Crippen LogP contribution in [0.5, 0.6) is 11.5 Å². The highest BCUT2D eigenvalue weighted by atomic mass is 35.5. The molecule has 0 saturated heterocycles. The normalized spacial score (nSPS) is 10.5. The molecule has 0 fully saturated rings. The summed E-state index contributed by atoms with van der Waals surface area (Å²) in [5.41, 5.74) is 1.27. The van der Waals surface area contributed by atoms with E-state index in [-0.39, 0.29) is 5.91 Å². The van der Waals surface area contributed by atoms with Crippen molar-refractivity contribution < 1.29 is 14.3 Å². The molecule has 0 aliphatic heterocycles. The number of anilines is 1. The number of halogens is 1. The lowest BCUT2D eigenvalue weighted by Gasteiger charge is -2.14. The molecule has 1 amide bonds. The van der Waals surface area contributed by atoms with Gasteiger partial charge in [-0.15, -0.1) is 0 Å². The maximum absolute atomic E-state index is 12.7.